The molecule has 1 unspecified atom stereocenters. The zero-order valence-electron chi connectivity index (χ0n) is 59.8. The highest BCUT2D eigenvalue weighted by molar-refractivity contribution is 8.76. The van der Waals surface area contributed by atoms with Gasteiger partial charge in [-0.15, -0.1) is 0 Å². The minimum atomic E-state index is -1.83. The highest BCUT2D eigenvalue weighted by Crippen LogP contribution is 2.27. The maximum Gasteiger partial charge on any atom is 0.317 e. The number of aliphatic carboxylic acids is 3. The summed E-state index contributed by atoms with van der Waals surface area (Å²) in [4.78, 5) is 207. The lowest BCUT2D eigenvalue weighted by Crippen LogP contribution is -2.61. The number of aromatic hydroxyl groups is 1. The van der Waals surface area contributed by atoms with Gasteiger partial charge in [0.15, 0.2) is 0 Å². The molecule has 5 rings (SSSR count). The molecule has 2 aromatic rings. The standard InChI is InChI=1S/C67H101N17O21S2/c1-3-39(2)58-66(103)75-47(17-18-52(69)87)62(99)77-49(30-53(70)88)63(100)78-50(38-107-106-37-45(68)60(97)76-48(64(101)79-58)29-40-9-13-42(85)14-10-40)67(104)84-20-6-8-51(84)65(102)74-46(61(98)73-31-54(71)89)7-4-5-19-72-59(96)41-11-15-44(16-12-41)105-36-43(86)32-80-21-23-81(33-55(90)91)25-27-83(35-57(94)95)28-26-82(24-22-80)34-56(92)93/h9-16,39,43,45-51,58,85-86H,3-8,17-38,68H2,1-2H3,(H2,69,87)(H2,70,88)(H2,71,89)(H,72,96)(H,73,98)(H,74,102)(H,75,103)(H,76,97)(H,77,99)(H,78,100)(H,79,101)(H,90,91)(H,92,93)(H,94,95)/t39-,43?,45-,46-,47-,48-,49-,50-,51-,58-/m0/s1. The average molecular weight is 1540 g/mol. The van der Waals surface area contributed by atoms with Crippen molar-refractivity contribution >= 4 is 110 Å². The Bertz CT molecular complexity index is 3370. The zero-order chi connectivity index (χ0) is 78.9. The van der Waals surface area contributed by atoms with Crippen molar-refractivity contribution in [1.82, 2.24) is 67.0 Å². The number of benzene rings is 2. The van der Waals surface area contributed by atoms with Crippen LogP contribution in [-0.4, -0.2) is 310 Å². The van der Waals surface area contributed by atoms with E-state index in [-0.39, 0.29) is 160 Å². The third-order valence-corrected chi connectivity index (χ3v) is 20.3. The molecule has 592 valence electrons. The van der Waals surface area contributed by atoms with Gasteiger partial charge in [-0.1, -0.05) is 54.0 Å². The second-order valence-electron chi connectivity index (χ2n) is 26.3. The number of hydrogen-bond acceptors (Lipinski definition) is 25. The predicted octanol–water partition coefficient (Wildman–Crippen LogP) is -5.84. The summed E-state index contributed by atoms with van der Waals surface area (Å²) in [6.07, 6.45) is -2.00. The van der Waals surface area contributed by atoms with Crippen molar-refractivity contribution in [3.63, 3.8) is 0 Å². The van der Waals surface area contributed by atoms with Gasteiger partial charge in [-0.05, 0) is 86.4 Å². The van der Waals surface area contributed by atoms with Gasteiger partial charge in [0, 0.05) is 102 Å². The molecule has 38 nitrogen and oxygen atoms in total. The number of amides is 12. The third kappa shape index (κ3) is 31.9. The number of phenols is 1. The van der Waals surface area contributed by atoms with Gasteiger partial charge in [0.05, 0.1) is 38.6 Å². The summed E-state index contributed by atoms with van der Waals surface area (Å²) in [5, 5.41) is 70.3. The van der Waals surface area contributed by atoms with Crippen LogP contribution >= 0.6 is 21.6 Å². The first kappa shape index (κ1) is 88.2. The fraction of sp³-hybridized carbons (Fsp3) is 0.597. The number of nitrogens with zero attached hydrogens (tertiary/aromatic N) is 5. The number of phenolic OH excluding ortho intramolecular Hbond substituents is 1. The Labute approximate surface area is 625 Å². The van der Waals surface area contributed by atoms with Crippen molar-refractivity contribution in [3.05, 3.63) is 59.7 Å². The highest BCUT2D eigenvalue weighted by atomic mass is 33.1. The van der Waals surface area contributed by atoms with Crippen molar-refractivity contribution in [2.24, 2.45) is 28.9 Å². The maximum atomic E-state index is 14.9. The van der Waals surface area contributed by atoms with Gasteiger partial charge >= 0.3 is 17.9 Å². The van der Waals surface area contributed by atoms with E-state index in [1.807, 2.05) is 4.90 Å². The lowest BCUT2D eigenvalue weighted by Gasteiger charge is -2.33. The molecule has 12 amide bonds. The van der Waals surface area contributed by atoms with Crippen LogP contribution in [0.2, 0.25) is 0 Å². The van der Waals surface area contributed by atoms with Crippen LogP contribution in [0.1, 0.15) is 87.6 Å². The van der Waals surface area contributed by atoms with E-state index in [4.69, 9.17) is 27.7 Å². The van der Waals surface area contributed by atoms with Crippen LogP contribution in [-0.2, 0) is 73.5 Å². The van der Waals surface area contributed by atoms with E-state index in [1.54, 1.807) is 28.5 Å². The van der Waals surface area contributed by atoms with Gasteiger partial charge in [-0.3, -0.25) is 91.5 Å². The largest absolute Gasteiger partial charge is 0.508 e. The molecule has 0 aliphatic carbocycles. The average Bonchev–Trinajstić information content (AvgIpc) is 1.76. The Morgan fingerprint density at radius 1 is 0.636 bits per heavy atom. The third-order valence-electron chi connectivity index (χ3n) is 17.8. The Kier molecular flexibility index (Phi) is 37.3. The van der Waals surface area contributed by atoms with Crippen LogP contribution in [0.25, 0.3) is 0 Å². The van der Waals surface area contributed by atoms with Gasteiger partial charge in [0.25, 0.3) is 5.91 Å². The summed E-state index contributed by atoms with van der Waals surface area (Å²) >= 11 is 0. The number of carbonyl (C=O) groups is 15. The Balaban J connectivity index is 1.25. The molecule has 0 bridgehead atoms. The molecule has 21 N–H and O–H groups in total. The summed E-state index contributed by atoms with van der Waals surface area (Å²) in [5.74, 6) is -14.7. The number of hydrogen-bond donors (Lipinski definition) is 17. The monoisotopic (exact) mass is 1540 g/mol. The van der Waals surface area contributed by atoms with E-state index in [9.17, 15) is 97.5 Å². The second-order valence-corrected chi connectivity index (χ2v) is 28.9. The van der Waals surface area contributed by atoms with E-state index in [0.29, 0.717) is 17.7 Å². The summed E-state index contributed by atoms with van der Waals surface area (Å²) in [5.41, 5.74) is 23.5. The molecule has 3 aliphatic rings. The smallest absolute Gasteiger partial charge is 0.317 e. The van der Waals surface area contributed by atoms with Crippen LogP contribution in [0.15, 0.2) is 48.5 Å². The quantitative estimate of drug-likeness (QED) is 0.0240. The van der Waals surface area contributed by atoms with E-state index in [1.165, 1.54) is 48.5 Å². The van der Waals surface area contributed by atoms with E-state index < -0.39 is 175 Å². The molecule has 0 aromatic heterocycles. The van der Waals surface area contributed by atoms with Crippen molar-refractivity contribution in [3.8, 4) is 11.5 Å². The number of β-amino-alcohol motifs (C(OH)–C–C–N with tert-alkyl or cyclic N) is 1. The second kappa shape index (κ2) is 45.3. The molecule has 0 saturated carbocycles. The lowest BCUT2D eigenvalue weighted by atomic mass is 9.96. The van der Waals surface area contributed by atoms with Gasteiger partial charge in [-0.25, -0.2) is 0 Å². The molecule has 0 spiro atoms. The minimum Gasteiger partial charge on any atom is -0.508 e. The van der Waals surface area contributed by atoms with Gasteiger partial charge < -0.3 is 101 Å². The van der Waals surface area contributed by atoms with Crippen LogP contribution in [0.4, 0.5) is 0 Å². The molecule has 107 heavy (non-hydrogen) atoms. The normalized spacial score (nSPS) is 22.2. The van der Waals surface area contributed by atoms with Crippen LogP contribution in [0.3, 0.4) is 0 Å². The van der Waals surface area contributed by atoms with E-state index in [2.05, 4.69) is 42.5 Å². The molecule has 3 saturated heterocycles. The number of carboxylic acid groups (broad SMARTS) is 3. The molecule has 40 heteroatoms. The first-order valence-corrected chi connectivity index (χ1v) is 37.5. The number of likely N-dealkylation sites (tertiary alicyclic amines) is 1. The molecule has 3 fully saturated rings. The van der Waals surface area contributed by atoms with Gasteiger partial charge in [-0.2, -0.15) is 0 Å². The van der Waals surface area contributed by atoms with Crippen LogP contribution < -0.4 is 70.2 Å². The number of nitrogens with two attached hydrogens (primary N) is 4. The number of rotatable bonds is 32. The van der Waals surface area contributed by atoms with Crippen LogP contribution in [0, 0.1) is 5.92 Å². The summed E-state index contributed by atoms with van der Waals surface area (Å²) in [6.45, 7) is 3.67. The molecular formula is C67H101N17O21S2. The minimum absolute atomic E-state index is 0.0542. The highest BCUT2D eigenvalue weighted by Gasteiger charge is 2.41. The van der Waals surface area contributed by atoms with Crippen molar-refractivity contribution < 1.29 is 102 Å². The summed E-state index contributed by atoms with van der Waals surface area (Å²) < 4.78 is 5.85. The molecule has 2 aromatic carbocycles. The van der Waals surface area contributed by atoms with E-state index in [0.717, 1.165) is 26.5 Å². The first-order chi connectivity index (χ1) is 50.8. The topological polar surface area (TPSA) is 583 Å². The number of carbonyl (C=O) groups excluding carboxylic acids is 12. The molecule has 10 atom stereocenters. The van der Waals surface area contributed by atoms with E-state index >= 15 is 0 Å². The van der Waals surface area contributed by atoms with Crippen molar-refractivity contribution in [1.29, 1.82) is 0 Å². The zero-order valence-corrected chi connectivity index (χ0v) is 61.5. The fourth-order valence-corrected chi connectivity index (χ4v) is 14.0. The number of carboxylic acids is 3. The first-order valence-electron chi connectivity index (χ1n) is 35.1. The number of ether oxygens (including phenoxy) is 1. The van der Waals surface area contributed by atoms with Crippen molar-refractivity contribution in [2.45, 2.75) is 132 Å². The molecule has 3 aliphatic heterocycles. The number of nitrogens with one attached hydrogen (secondary N) is 8. The molecule has 0 radical (unpaired) electrons. The maximum absolute atomic E-state index is 14.9. The summed E-state index contributed by atoms with van der Waals surface area (Å²) in [7, 11) is 1.94. The summed E-state index contributed by atoms with van der Waals surface area (Å²) in [6, 6.07) is 0.0592. The predicted molar refractivity (Wildman–Crippen MR) is 388 cm³/mol. The molecular weight excluding hydrogens is 1440 g/mol. The van der Waals surface area contributed by atoms with Gasteiger partial charge in [0.2, 0.25) is 65.0 Å². The number of unbranched alkanes of at least 4 members (excludes halogenated alkanes) is 1. The molecule has 3 heterocycles. The van der Waals surface area contributed by atoms with Gasteiger partial charge in [0.1, 0.15) is 66.5 Å². The SMILES string of the molecule is CC[C@H](C)[C@@H]1NC(=O)[C@H](Cc2ccc(O)cc2)NC(=O)[C@@H](N)CSSC[C@@H](C(=O)N2CCC[C@H]2C(=O)N[C@@H](CCCCNC(=O)c2ccc(OCC(O)CN3CCN(CC(=O)O)CCN(CC(=O)O)CCN(CC(=O)O)CC3)cc2)C(=O)NCC(N)=O)NC(=O)[C@H](CC(N)=O)NC(=O)[C@H](CCC(N)=O)NC1=O. The number of aliphatic hydroxyl groups excluding tert-OH is 1. The number of primary amides is 3. The van der Waals surface area contributed by atoms with Crippen molar-refractivity contribution in [2.75, 3.05) is 116 Å². The Hall–Kier alpha value is -9.45. The Morgan fingerprint density at radius 3 is 1.75 bits per heavy atom. The lowest BCUT2D eigenvalue weighted by molar-refractivity contribution is -0.142. The number of aliphatic hydroxyl groups is 1. The fourth-order valence-electron chi connectivity index (χ4n) is 11.7. The van der Waals surface area contributed by atoms with Crippen LogP contribution in [0.5, 0.6) is 11.5 Å². The Morgan fingerprint density at radius 2 is 1.19 bits per heavy atom.